The summed E-state index contributed by atoms with van der Waals surface area (Å²) < 4.78 is 10.9. The highest BCUT2D eigenvalue weighted by molar-refractivity contribution is 5.04. The van der Waals surface area contributed by atoms with Gasteiger partial charge in [-0.1, -0.05) is 5.16 Å². The number of nitrogens with zero attached hydrogens (tertiary/aromatic N) is 2. The highest BCUT2D eigenvalue weighted by Gasteiger charge is 2.38. The van der Waals surface area contributed by atoms with Gasteiger partial charge in [0.15, 0.2) is 0 Å². The zero-order chi connectivity index (χ0) is 11.9. The van der Waals surface area contributed by atoms with E-state index in [1.807, 2.05) is 6.92 Å². The van der Waals surface area contributed by atoms with Crippen LogP contribution in [0.3, 0.4) is 0 Å². The van der Waals surface area contributed by atoms with E-state index in [4.69, 9.17) is 9.26 Å². The molecule has 0 aliphatic carbocycles. The molecule has 0 bridgehead atoms. The Hall–Kier alpha value is -0.980. The van der Waals surface area contributed by atoms with Crippen LogP contribution in [0.15, 0.2) is 4.52 Å². The van der Waals surface area contributed by atoms with Crippen molar-refractivity contribution in [1.29, 1.82) is 0 Å². The Bertz CT molecular complexity index is 400. The van der Waals surface area contributed by atoms with Crippen molar-refractivity contribution in [3.63, 3.8) is 0 Å². The first kappa shape index (κ1) is 11.1. The molecule has 2 fully saturated rings. The first-order valence-electron chi connectivity index (χ1n) is 6.07. The van der Waals surface area contributed by atoms with Crippen LogP contribution in [-0.4, -0.2) is 34.5 Å². The third-order valence-corrected chi connectivity index (χ3v) is 3.54. The summed E-state index contributed by atoms with van der Waals surface area (Å²) in [4.78, 5) is 4.40. The zero-order valence-corrected chi connectivity index (χ0v) is 9.85. The van der Waals surface area contributed by atoms with Gasteiger partial charge in [0.25, 0.3) is 0 Å². The first-order valence-corrected chi connectivity index (χ1v) is 6.07. The predicted octanol–water partition coefficient (Wildman–Crippen LogP) is 0.490. The van der Waals surface area contributed by atoms with Gasteiger partial charge in [0.2, 0.25) is 11.7 Å². The van der Waals surface area contributed by atoms with E-state index in [-0.39, 0.29) is 12.1 Å². The molecule has 2 N–H and O–H groups in total. The number of nitrogens with one attached hydrogen (secondary N) is 1. The van der Waals surface area contributed by atoms with Crippen LogP contribution in [0.1, 0.15) is 43.9 Å². The Morgan fingerprint density at radius 2 is 2.41 bits per heavy atom. The molecule has 1 unspecified atom stereocenters. The number of β-amino-alcohol motifs (C(OH)–C–C–N with tert-alkyl or cyclic N) is 1. The fourth-order valence-electron chi connectivity index (χ4n) is 2.45. The highest BCUT2D eigenvalue weighted by Crippen LogP contribution is 2.34. The second-order valence-corrected chi connectivity index (χ2v) is 4.99. The normalized spacial score (nSPS) is 37.8. The number of hydrogen-bond acceptors (Lipinski definition) is 6. The predicted molar refractivity (Wildman–Crippen MR) is 58.2 cm³/mol. The third-order valence-electron chi connectivity index (χ3n) is 3.54. The topological polar surface area (TPSA) is 80.4 Å². The largest absolute Gasteiger partial charge is 0.392 e. The average Bonchev–Trinajstić information content (AvgIpc) is 2.96. The molecule has 0 aromatic carbocycles. The lowest BCUT2D eigenvalue weighted by molar-refractivity contribution is 0.00768. The summed E-state index contributed by atoms with van der Waals surface area (Å²) in [6.07, 6.45) is 2.25. The minimum Gasteiger partial charge on any atom is -0.392 e. The quantitative estimate of drug-likeness (QED) is 0.781. The van der Waals surface area contributed by atoms with E-state index in [1.54, 1.807) is 0 Å². The number of aromatic nitrogens is 2. The van der Waals surface area contributed by atoms with Gasteiger partial charge in [-0.2, -0.15) is 4.98 Å². The standard InChI is InChI=1S/C11H17N3O3/c1-11(3-2-4-16-11)10-13-9(17-14-10)8-5-7(15)6-12-8/h7-8,12,15H,2-6H2,1H3/t7-,8+,11?/m1/s1. The minimum absolute atomic E-state index is 0.0312. The van der Waals surface area contributed by atoms with Crippen LogP contribution in [0.5, 0.6) is 0 Å². The van der Waals surface area contributed by atoms with Crippen LogP contribution in [0.25, 0.3) is 0 Å². The second kappa shape index (κ2) is 4.04. The Balaban J connectivity index is 1.78. The van der Waals surface area contributed by atoms with E-state index in [2.05, 4.69) is 15.5 Å². The molecule has 3 rings (SSSR count). The van der Waals surface area contributed by atoms with Gasteiger partial charge in [-0.15, -0.1) is 0 Å². The van der Waals surface area contributed by atoms with Gasteiger partial charge in [0.1, 0.15) is 5.60 Å². The maximum Gasteiger partial charge on any atom is 0.243 e. The third kappa shape index (κ3) is 1.96. The van der Waals surface area contributed by atoms with Gasteiger partial charge in [-0.05, 0) is 26.2 Å². The summed E-state index contributed by atoms with van der Waals surface area (Å²) in [6.45, 7) is 3.32. The molecular formula is C11H17N3O3. The van der Waals surface area contributed by atoms with E-state index in [1.165, 1.54) is 0 Å². The fourth-order valence-corrected chi connectivity index (χ4v) is 2.45. The summed E-state index contributed by atoms with van der Waals surface area (Å²) in [5.41, 5.74) is -0.404. The minimum atomic E-state index is -0.404. The van der Waals surface area contributed by atoms with Crippen LogP contribution < -0.4 is 5.32 Å². The Morgan fingerprint density at radius 3 is 3.06 bits per heavy atom. The number of aliphatic hydroxyl groups excluding tert-OH is 1. The van der Waals surface area contributed by atoms with Crippen molar-refractivity contribution in [2.75, 3.05) is 13.2 Å². The van der Waals surface area contributed by atoms with Crippen molar-refractivity contribution in [3.05, 3.63) is 11.7 Å². The first-order chi connectivity index (χ1) is 8.17. The van der Waals surface area contributed by atoms with E-state index < -0.39 is 5.60 Å². The molecule has 1 aromatic rings. The summed E-state index contributed by atoms with van der Waals surface area (Å²) >= 11 is 0. The molecule has 1 aromatic heterocycles. The lowest BCUT2D eigenvalue weighted by Gasteiger charge is -2.17. The summed E-state index contributed by atoms with van der Waals surface area (Å²) in [6, 6.07) is -0.0312. The lowest BCUT2D eigenvalue weighted by atomic mass is 10.0. The van der Waals surface area contributed by atoms with Crippen molar-refractivity contribution in [2.24, 2.45) is 0 Å². The fraction of sp³-hybridized carbons (Fsp3) is 0.818. The maximum atomic E-state index is 9.45. The lowest BCUT2D eigenvalue weighted by Crippen LogP contribution is -2.22. The van der Waals surface area contributed by atoms with Crippen LogP contribution >= 0.6 is 0 Å². The number of ether oxygens (including phenoxy) is 1. The van der Waals surface area contributed by atoms with Gasteiger partial charge < -0.3 is 19.7 Å². The molecule has 17 heavy (non-hydrogen) atoms. The molecule has 3 heterocycles. The molecule has 0 saturated carbocycles. The van der Waals surface area contributed by atoms with Crippen molar-refractivity contribution < 1.29 is 14.4 Å². The van der Waals surface area contributed by atoms with Gasteiger partial charge in [0.05, 0.1) is 12.1 Å². The van der Waals surface area contributed by atoms with Gasteiger partial charge >= 0.3 is 0 Å². The van der Waals surface area contributed by atoms with Crippen molar-refractivity contribution in [3.8, 4) is 0 Å². The van der Waals surface area contributed by atoms with Crippen LogP contribution in [0, 0.1) is 0 Å². The summed E-state index contributed by atoms with van der Waals surface area (Å²) in [7, 11) is 0. The van der Waals surface area contributed by atoms with E-state index >= 15 is 0 Å². The smallest absolute Gasteiger partial charge is 0.243 e. The molecule has 94 valence electrons. The van der Waals surface area contributed by atoms with Crippen molar-refractivity contribution >= 4 is 0 Å². The Labute approximate surface area is 99.3 Å². The SMILES string of the molecule is CC1(c2noc([C@@H]3C[C@@H](O)CN3)n2)CCCO1. The number of rotatable bonds is 2. The monoisotopic (exact) mass is 239 g/mol. The van der Waals surface area contributed by atoms with Crippen LogP contribution in [0.4, 0.5) is 0 Å². The molecule has 6 nitrogen and oxygen atoms in total. The Kier molecular flexibility index (Phi) is 2.65. The molecule has 0 amide bonds. The average molecular weight is 239 g/mol. The highest BCUT2D eigenvalue weighted by atomic mass is 16.5. The van der Waals surface area contributed by atoms with E-state index in [0.717, 1.165) is 19.4 Å². The number of aliphatic hydroxyl groups is 1. The van der Waals surface area contributed by atoms with E-state index in [9.17, 15) is 5.11 Å². The van der Waals surface area contributed by atoms with Gasteiger partial charge in [-0.3, -0.25) is 0 Å². The van der Waals surface area contributed by atoms with Gasteiger partial charge in [0, 0.05) is 13.2 Å². The second-order valence-electron chi connectivity index (χ2n) is 4.99. The Morgan fingerprint density at radius 1 is 1.53 bits per heavy atom. The summed E-state index contributed by atoms with van der Waals surface area (Å²) in [5.74, 6) is 1.17. The van der Waals surface area contributed by atoms with Crippen molar-refractivity contribution in [2.45, 2.75) is 43.9 Å². The molecule has 0 spiro atoms. The van der Waals surface area contributed by atoms with Crippen LogP contribution in [-0.2, 0) is 10.3 Å². The molecule has 0 radical (unpaired) electrons. The molecular weight excluding hydrogens is 222 g/mol. The molecule has 2 aliphatic rings. The molecule has 3 atom stereocenters. The zero-order valence-electron chi connectivity index (χ0n) is 9.85. The number of hydrogen-bond donors (Lipinski definition) is 2. The molecule has 2 saturated heterocycles. The molecule has 6 heteroatoms. The van der Waals surface area contributed by atoms with Crippen molar-refractivity contribution in [1.82, 2.24) is 15.5 Å². The maximum absolute atomic E-state index is 9.45. The summed E-state index contributed by atoms with van der Waals surface area (Å²) in [5, 5.41) is 16.6. The van der Waals surface area contributed by atoms with Crippen LogP contribution in [0.2, 0.25) is 0 Å². The molecule has 2 aliphatic heterocycles. The van der Waals surface area contributed by atoms with E-state index in [0.29, 0.717) is 24.7 Å². The van der Waals surface area contributed by atoms with Gasteiger partial charge in [-0.25, -0.2) is 0 Å².